The van der Waals surface area contributed by atoms with E-state index in [4.69, 9.17) is 0 Å². The van der Waals surface area contributed by atoms with Crippen LogP contribution >= 0.6 is 15.6 Å². The van der Waals surface area contributed by atoms with Crippen molar-refractivity contribution >= 4 is 21.9 Å². The third kappa shape index (κ3) is 26.9. The predicted octanol–water partition coefficient (Wildman–Crippen LogP) is 13.3. The van der Waals surface area contributed by atoms with Crippen LogP contribution in [0.3, 0.4) is 0 Å². The first-order valence-corrected chi connectivity index (χ1v) is 18.3. The van der Waals surface area contributed by atoms with E-state index >= 15 is 0 Å². The van der Waals surface area contributed by atoms with Crippen molar-refractivity contribution in [2.45, 2.75) is 6.92 Å². The van der Waals surface area contributed by atoms with Crippen molar-refractivity contribution in [3.63, 3.8) is 0 Å². The van der Waals surface area contributed by atoms with Crippen LogP contribution in [0.1, 0.15) is 15.9 Å². The van der Waals surface area contributed by atoms with Gasteiger partial charge in [-0.15, -0.1) is 0 Å². The smallest absolute Gasteiger partial charge is 0.255 e. The van der Waals surface area contributed by atoms with E-state index in [0.717, 1.165) is 46.0 Å². The van der Waals surface area contributed by atoms with E-state index in [9.17, 15) is 55.2 Å². The Balaban J connectivity index is 0.000000347. The van der Waals surface area contributed by atoms with E-state index in [1.54, 1.807) is 49.3 Å². The first-order valence-electron chi connectivity index (χ1n) is 14.2. The minimum absolute atomic E-state index is 0. The molecule has 6 aromatic heterocycles. The van der Waals surface area contributed by atoms with E-state index in [1.807, 2.05) is 91.9 Å². The molecule has 0 aliphatic heterocycles. The summed E-state index contributed by atoms with van der Waals surface area (Å²) in [6.45, 7) is 1.99. The SMILES string of the molecule is Cc1ccc(-c2ccc(C=O)cn2)nc1.F[P-](F)(F)(F)(F)F.F[P-](F)(F)(F)(F)F.[Ru+2].c1ccc(-c2ccccn2)nc1.c1ccc(-c2ccccn2)nc1. The minimum atomic E-state index is -10.7. The second kappa shape index (κ2) is 17.6. The van der Waals surface area contributed by atoms with Gasteiger partial charge in [0.1, 0.15) is 0 Å². The molecular weight excluding hydrogens is 875 g/mol. The normalized spacial score (nSPS) is 13.1. The van der Waals surface area contributed by atoms with Crippen molar-refractivity contribution in [3.05, 3.63) is 145 Å². The monoisotopic (exact) mass is 902 g/mol. The molecule has 0 saturated heterocycles. The van der Waals surface area contributed by atoms with E-state index in [0.29, 0.717) is 5.56 Å². The Morgan fingerprint density at radius 2 is 0.685 bits per heavy atom. The molecule has 0 saturated carbocycles. The molecule has 0 radical (unpaired) electrons. The van der Waals surface area contributed by atoms with Crippen molar-refractivity contribution in [3.8, 4) is 34.2 Å². The minimum Gasteiger partial charge on any atom is -0.255 e. The van der Waals surface area contributed by atoms with Crippen molar-refractivity contribution in [2.75, 3.05) is 0 Å². The summed E-state index contributed by atoms with van der Waals surface area (Å²) in [6.07, 6.45) is 11.2. The van der Waals surface area contributed by atoms with E-state index < -0.39 is 15.6 Å². The summed E-state index contributed by atoms with van der Waals surface area (Å²) in [5, 5.41) is 0. The molecule has 0 amide bonds. The maximum Gasteiger partial charge on any atom is 2.00 e. The summed E-state index contributed by atoms with van der Waals surface area (Å²) in [7, 11) is -21.3. The summed E-state index contributed by atoms with van der Waals surface area (Å²) >= 11 is 0. The standard InChI is InChI=1S/C12H10N2O.2C10H8N2.2F6P.Ru/c1-9-2-4-11(13-6-9)12-5-3-10(8-15)7-14-12;2*1-3-7-11-9(5-1)10-6-2-4-8-12-10;2*1-7(2,3,4,5)6;/h2-8H,1H3;2*1-8H;;;/q;;;2*-1;+2. The van der Waals surface area contributed by atoms with Crippen LogP contribution < -0.4 is 0 Å². The number of aryl methyl sites for hydroxylation is 1. The molecule has 6 rings (SSSR count). The molecule has 0 unspecified atom stereocenters. The molecule has 0 aliphatic rings. The van der Waals surface area contributed by atoms with Crippen LogP contribution in [0.25, 0.3) is 34.2 Å². The van der Waals surface area contributed by atoms with Gasteiger partial charge in [-0.05, 0) is 79.2 Å². The van der Waals surface area contributed by atoms with E-state index in [2.05, 4.69) is 29.9 Å². The Hall–Kier alpha value is -4.79. The second-order valence-corrected chi connectivity index (χ2v) is 13.9. The number of carbonyl (C=O) groups is 1. The van der Waals surface area contributed by atoms with Crippen LogP contribution in [0.2, 0.25) is 0 Å². The van der Waals surface area contributed by atoms with Crippen LogP contribution in [-0.4, -0.2) is 36.2 Å². The number of hydrogen-bond acceptors (Lipinski definition) is 7. The molecule has 6 heterocycles. The quantitative estimate of drug-likeness (QED) is 0.0753. The molecule has 54 heavy (non-hydrogen) atoms. The molecule has 22 heteroatoms. The molecule has 0 bridgehead atoms. The molecule has 7 nitrogen and oxygen atoms in total. The van der Waals surface area contributed by atoms with Gasteiger partial charge in [-0.25, -0.2) is 0 Å². The molecule has 0 aromatic carbocycles. The summed E-state index contributed by atoms with van der Waals surface area (Å²) < 4.78 is 118. The Morgan fingerprint density at radius 3 is 0.889 bits per heavy atom. The molecule has 0 N–H and O–H groups in total. The summed E-state index contributed by atoms with van der Waals surface area (Å²) in [5.41, 5.74) is 6.94. The molecule has 6 aromatic rings. The van der Waals surface area contributed by atoms with Gasteiger partial charge in [0, 0.05) is 42.7 Å². The van der Waals surface area contributed by atoms with Gasteiger partial charge in [-0.2, -0.15) is 0 Å². The summed E-state index contributed by atoms with van der Waals surface area (Å²) in [5.74, 6) is 0. The van der Waals surface area contributed by atoms with Gasteiger partial charge in [0.2, 0.25) is 0 Å². The Morgan fingerprint density at radius 1 is 0.407 bits per heavy atom. The van der Waals surface area contributed by atoms with Crippen LogP contribution in [0.4, 0.5) is 50.4 Å². The number of aldehydes is 1. The van der Waals surface area contributed by atoms with Crippen LogP contribution in [0.15, 0.2) is 134 Å². The van der Waals surface area contributed by atoms with Gasteiger partial charge in [0.25, 0.3) is 0 Å². The van der Waals surface area contributed by atoms with Crippen molar-refractivity contribution in [2.24, 2.45) is 0 Å². The molecule has 0 aliphatic carbocycles. The average Bonchev–Trinajstić information content (AvgIpc) is 3.08. The maximum absolute atomic E-state index is 10.7. The van der Waals surface area contributed by atoms with Gasteiger partial charge in [0.15, 0.2) is 6.29 Å². The fourth-order valence-corrected chi connectivity index (χ4v) is 3.30. The fourth-order valence-electron chi connectivity index (χ4n) is 3.30. The van der Waals surface area contributed by atoms with Gasteiger partial charge in [0.05, 0.1) is 34.2 Å². The molecule has 0 fully saturated rings. The number of aromatic nitrogens is 6. The molecule has 292 valence electrons. The average molecular weight is 902 g/mol. The number of carbonyl (C=O) groups excluding carboxylic acids is 1. The Bertz CT molecular complexity index is 1800. The van der Waals surface area contributed by atoms with Crippen LogP contribution in [0, 0.1) is 6.92 Å². The number of pyridine rings is 6. The third-order valence-corrected chi connectivity index (χ3v) is 5.28. The topological polar surface area (TPSA) is 94.4 Å². The zero-order valence-corrected chi connectivity index (χ0v) is 30.7. The van der Waals surface area contributed by atoms with Crippen LogP contribution in [0.5, 0.6) is 0 Å². The maximum atomic E-state index is 10.4. The second-order valence-electron chi connectivity index (χ2n) is 10.1. The largest absolute Gasteiger partial charge is 2.00 e. The van der Waals surface area contributed by atoms with E-state index in [-0.39, 0.29) is 19.5 Å². The molecule has 0 atom stereocenters. The first-order chi connectivity index (χ1) is 24.1. The number of halogens is 12. The zero-order chi connectivity index (χ0) is 39.9. The van der Waals surface area contributed by atoms with Gasteiger partial charge in [-0.1, -0.05) is 30.3 Å². The van der Waals surface area contributed by atoms with Crippen molar-refractivity contribution < 1.29 is 74.6 Å². The fraction of sp³-hybridized carbons (Fsp3) is 0.0312. The number of hydrogen-bond donors (Lipinski definition) is 0. The third-order valence-electron chi connectivity index (χ3n) is 5.28. The summed E-state index contributed by atoms with van der Waals surface area (Å²) in [6, 6.07) is 30.6. The number of nitrogens with zero attached hydrogens (tertiary/aromatic N) is 6. The Labute approximate surface area is 312 Å². The Kier molecular flexibility index (Phi) is 15.4. The predicted molar refractivity (Wildman–Crippen MR) is 180 cm³/mol. The molecule has 0 spiro atoms. The number of rotatable bonds is 4. The van der Waals surface area contributed by atoms with Gasteiger partial charge >= 0.3 is 85.5 Å². The van der Waals surface area contributed by atoms with Gasteiger partial charge in [-0.3, -0.25) is 34.7 Å². The van der Waals surface area contributed by atoms with Crippen molar-refractivity contribution in [1.29, 1.82) is 0 Å². The first kappa shape index (κ1) is 47.2. The molecular formula is C32H26F12N6OP2Ru. The van der Waals surface area contributed by atoms with Gasteiger partial charge < -0.3 is 0 Å². The van der Waals surface area contributed by atoms with Crippen molar-refractivity contribution in [1.82, 2.24) is 29.9 Å². The zero-order valence-electron chi connectivity index (χ0n) is 27.2. The van der Waals surface area contributed by atoms with E-state index in [1.165, 1.54) is 0 Å². The van der Waals surface area contributed by atoms with Crippen LogP contribution in [-0.2, 0) is 19.5 Å². The summed E-state index contributed by atoms with van der Waals surface area (Å²) in [4.78, 5) is 35.6.